The van der Waals surface area contributed by atoms with Gasteiger partial charge in [0.2, 0.25) is 5.95 Å². The maximum absolute atomic E-state index is 9.14. The SMILES string of the molecule is CCC(CCO)CCCN(C)C1OC1c1cc2cc(Nc3ncccn3)ccc2[nH]1. The molecule has 30 heavy (non-hydrogen) atoms. The van der Waals surface area contributed by atoms with Crippen LogP contribution in [0.3, 0.4) is 0 Å². The number of H-pyrrole nitrogens is 1. The average molecular weight is 410 g/mol. The van der Waals surface area contributed by atoms with Crippen LogP contribution in [0.4, 0.5) is 11.6 Å². The number of epoxide rings is 1. The van der Waals surface area contributed by atoms with E-state index in [0.29, 0.717) is 11.9 Å². The first kappa shape index (κ1) is 20.8. The van der Waals surface area contributed by atoms with Crippen LogP contribution in [0.5, 0.6) is 0 Å². The predicted octanol–water partition coefficient (Wildman–Crippen LogP) is 4.22. The Morgan fingerprint density at radius 1 is 1.23 bits per heavy atom. The molecule has 1 saturated heterocycles. The van der Waals surface area contributed by atoms with Crippen molar-refractivity contribution in [3.8, 4) is 0 Å². The van der Waals surface area contributed by atoms with Crippen LogP contribution in [0.15, 0.2) is 42.7 Å². The molecule has 1 aliphatic rings. The van der Waals surface area contributed by atoms with E-state index in [-0.39, 0.29) is 18.9 Å². The third kappa shape index (κ3) is 4.98. The van der Waals surface area contributed by atoms with Crippen LogP contribution in [0.1, 0.15) is 44.4 Å². The number of nitrogens with one attached hydrogen (secondary N) is 2. The zero-order valence-electron chi connectivity index (χ0n) is 17.7. The highest BCUT2D eigenvalue weighted by Gasteiger charge is 2.44. The highest BCUT2D eigenvalue weighted by atomic mass is 16.6. The second-order valence-electron chi connectivity index (χ2n) is 8.08. The van der Waals surface area contributed by atoms with Crippen molar-refractivity contribution >= 4 is 22.5 Å². The van der Waals surface area contributed by atoms with Gasteiger partial charge < -0.3 is 20.1 Å². The molecule has 0 amide bonds. The molecule has 2 aromatic heterocycles. The summed E-state index contributed by atoms with van der Waals surface area (Å²) in [4.78, 5) is 14.2. The Balaban J connectivity index is 1.33. The van der Waals surface area contributed by atoms with Gasteiger partial charge in [-0.3, -0.25) is 4.90 Å². The van der Waals surface area contributed by atoms with E-state index in [1.165, 1.54) is 0 Å². The van der Waals surface area contributed by atoms with E-state index < -0.39 is 0 Å². The van der Waals surface area contributed by atoms with Crippen LogP contribution >= 0.6 is 0 Å². The largest absolute Gasteiger partial charge is 0.396 e. The third-order valence-electron chi connectivity index (χ3n) is 5.91. The Hall–Kier alpha value is -2.48. The first-order chi connectivity index (χ1) is 14.7. The lowest BCUT2D eigenvalue weighted by Crippen LogP contribution is -2.24. The maximum atomic E-state index is 9.14. The predicted molar refractivity (Wildman–Crippen MR) is 119 cm³/mol. The van der Waals surface area contributed by atoms with Crippen molar-refractivity contribution in [2.24, 2.45) is 5.92 Å². The molecule has 160 valence electrons. The Morgan fingerprint density at radius 3 is 2.83 bits per heavy atom. The fourth-order valence-corrected chi connectivity index (χ4v) is 4.04. The first-order valence-electron chi connectivity index (χ1n) is 10.8. The summed E-state index contributed by atoms with van der Waals surface area (Å²) in [6.07, 6.45) is 8.00. The quantitative estimate of drug-likeness (QED) is 0.411. The van der Waals surface area contributed by atoms with Crippen molar-refractivity contribution in [1.29, 1.82) is 0 Å². The summed E-state index contributed by atoms with van der Waals surface area (Å²) in [7, 11) is 2.13. The zero-order valence-corrected chi connectivity index (χ0v) is 17.7. The third-order valence-corrected chi connectivity index (χ3v) is 5.91. The molecule has 0 saturated carbocycles. The number of anilines is 2. The molecule has 4 rings (SSSR count). The maximum Gasteiger partial charge on any atom is 0.227 e. The summed E-state index contributed by atoms with van der Waals surface area (Å²) in [6.45, 7) is 3.50. The monoisotopic (exact) mass is 409 g/mol. The number of fused-ring (bicyclic) bond motifs is 1. The summed E-state index contributed by atoms with van der Waals surface area (Å²) in [5.74, 6) is 1.21. The number of hydrogen-bond acceptors (Lipinski definition) is 6. The van der Waals surface area contributed by atoms with E-state index in [0.717, 1.165) is 54.5 Å². The van der Waals surface area contributed by atoms with Crippen LogP contribution in [-0.4, -0.2) is 51.4 Å². The second kappa shape index (κ2) is 9.55. The van der Waals surface area contributed by atoms with Crippen molar-refractivity contribution in [1.82, 2.24) is 19.9 Å². The first-order valence-corrected chi connectivity index (χ1v) is 10.8. The van der Waals surface area contributed by atoms with Gasteiger partial charge in [0.15, 0.2) is 0 Å². The normalized spacial score (nSPS) is 19.3. The van der Waals surface area contributed by atoms with Crippen molar-refractivity contribution < 1.29 is 9.84 Å². The fourth-order valence-electron chi connectivity index (χ4n) is 4.04. The Kier molecular flexibility index (Phi) is 6.62. The van der Waals surface area contributed by atoms with Gasteiger partial charge in [0.1, 0.15) is 12.3 Å². The molecule has 1 aromatic carbocycles. The van der Waals surface area contributed by atoms with Crippen LogP contribution in [0, 0.1) is 5.92 Å². The lowest BCUT2D eigenvalue weighted by molar-refractivity contribution is 0.198. The number of aliphatic hydroxyl groups excluding tert-OH is 1. The number of likely N-dealkylation sites (N-methyl/N-ethyl adjacent to an activating group) is 1. The molecule has 3 atom stereocenters. The molecular formula is C23H31N5O2. The summed E-state index contributed by atoms with van der Waals surface area (Å²) in [5.41, 5.74) is 3.16. The minimum atomic E-state index is 0.0932. The van der Waals surface area contributed by atoms with Gasteiger partial charge >= 0.3 is 0 Å². The van der Waals surface area contributed by atoms with E-state index >= 15 is 0 Å². The topological polar surface area (TPSA) is 89.6 Å². The highest BCUT2D eigenvalue weighted by Crippen LogP contribution is 2.41. The molecule has 1 fully saturated rings. The minimum Gasteiger partial charge on any atom is -0.396 e. The summed E-state index contributed by atoms with van der Waals surface area (Å²) in [5, 5.41) is 13.5. The molecular weight excluding hydrogens is 378 g/mol. The van der Waals surface area contributed by atoms with Gasteiger partial charge in [-0.1, -0.05) is 13.3 Å². The van der Waals surface area contributed by atoms with Gasteiger partial charge in [0.05, 0.1) is 0 Å². The minimum absolute atomic E-state index is 0.0932. The second-order valence-corrected chi connectivity index (χ2v) is 8.08. The van der Waals surface area contributed by atoms with Gasteiger partial charge in [-0.15, -0.1) is 0 Å². The van der Waals surface area contributed by atoms with Crippen LogP contribution < -0.4 is 5.32 Å². The molecule has 3 unspecified atom stereocenters. The van der Waals surface area contributed by atoms with Crippen molar-refractivity contribution in [2.45, 2.75) is 44.9 Å². The van der Waals surface area contributed by atoms with E-state index in [1.807, 2.05) is 6.07 Å². The number of aromatic nitrogens is 3. The van der Waals surface area contributed by atoms with E-state index in [9.17, 15) is 0 Å². The van der Waals surface area contributed by atoms with Crippen molar-refractivity contribution in [2.75, 3.05) is 25.5 Å². The van der Waals surface area contributed by atoms with Crippen LogP contribution in [0.2, 0.25) is 0 Å². The van der Waals surface area contributed by atoms with E-state index in [2.05, 4.69) is 57.3 Å². The molecule has 7 nitrogen and oxygen atoms in total. The number of nitrogens with zero attached hydrogens (tertiary/aromatic N) is 3. The van der Waals surface area contributed by atoms with Gasteiger partial charge in [0.25, 0.3) is 0 Å². The van der Waals surface area contributed by atoms with Crippen LogP contribution in [-0.2, 0) is 4.74 Å². The number of benzene rings is 1. The van der Waals surface area contributed by atoms with Crippen LogP contribution in [0.25, 0.3) is 10.9 Å². The molecule has 0 radical (unpaired) electrons. The van der Waals surface area contributed by atoms with Gasteiger partial charge in [-0.25, -0.2) is 9.97 Å². The number of ether oxygens (including phenoxy) is 1. The molecule has 1 aliphatic heterocycles. The number of aromatic amines is 1. The summed E-state index contributed by atoms with van der Waals surface area (Å²) >= 11 is 0. The van der Waals surface area contributed by atoms with Crippen molar-refractivity contribution in [3.05, 3.63) is 48.4 Å². The number of rotatable bonds is 11. The molecule has 0 bridgehead atoms. The van der Waals surface area contributed by atoms with Gasteiger partial charge in [-0.2, -0.15) is 0 Å². The molecule has 7 heteroatoms. The summed E-state index contributed by atoms with van der Waals surface area (Å²) in [6, 6.07) is 10.1. The van der Waals surface area contributed by atoms with Crippen molar-refractivity contribution in [3.63, 3.8) is 0 Å². The standard InChI is InChI=1S/C23H31N5O2/c1-3-16(9-13-29)6-4-12-28(2)22-21(30-22)20-15-17-14-18(7-8-19(17)27-20)26-23-24-10-5-11-25-23/h5,7-8,10-11,14-16,21-22,27,29H,3-4,6,9,12-13H2,1-2H3,(H,24,25,26). The molecule has 3 heterocycles. The molecule has 0 aliphatic carbocycles. The molecule has 3 aromatic rings. The Bertz CT molecular complexity index is 945. The van der Waals surface area contributed by atoms with E-state index in [4.69, 9.17) is 9.84 Å². The van der Waals surface area contributed by atoms with E-state index in [1.54, 1.807) is 18.5 Å². The summed E-state index contributed by atoms with van der Waals surface area (Å²) < 4.78 is 5.97. The van der Waals surface area contributed by atoms with Gasteiger partial charge in [-0.05, 0) is 62.6 Å². The lowest BCUT2D eigenvalue weighted by Gasteiger charge is -2.17. The Morgan fingerprint density at radius 2 is 2.07 bits per heavy atom. The molecule has 0 spiro atoms. The zero-order chi connectivity index (χ0) is 20.9. The number of aliphatic hydroxyl groups is 1. The van der Waals surface area contributed by atoms with Gasteiger partial charge in [0, 0.05) is 47.8 Å². The number of hydrogen-bond donors (Lipinski definition) is 3. The smallest absolute Gasteiger partial charge is 0.227 e. The molecule has 3 N–H and O–H groups in total. The lowest BCUT2D eigenvalue weighted by atomic mass is 9.97. The fraction of sp³-hybridized carbons (Fsp3) is 0.478. The Labute approximate surface area is 177 Å². The highest BCUT2D eigenvalue weighted by molar-refractivity contribution is 5.84. The average Bonchev–Trinajstić information content (AvgIpc) is 3.46.